The highest BCUT2D eigenvalue weighted by atomic mass is 32.2. The van der Waals surface area contributed by atoms with Gasteiger partial charge in [0.2, 0.25) is 0 Å². The predicted octanol–water partition coefficient (Wildman–Crippen LogP) is 1.93. The van der Waals surface area contributed by atoms with Crippen LogP contribution in [0.1, 0.15) is 24.8 Å². The third-order valence-corrected chi connectivity index (χ3v) is 3.79. The van der Waals surface area contributed by atoms with Gasteiger partial charge in [0.1, 0.15) is 5.01 Å². The molecule has 0 atom stereocenters. The molecule has 0 aliphatic rings. The van der Waals surface area contributed by atoms with Crippen LogP contribution in [0.5, 0.6) is 0 Å². The van der Waals surface area contributed by atoms with Gasteiger partial charge in [-0.3, -0.25) is 4.79 Å². The zero-order chi connectivity index (χ0) is 10.6. The summed E-state index contributed by atoms with van der Waals surface area (Å²) < 4.78 is 5.34. The Morgan fingerprint density at radius 1 is 1.57 bits per heavy atom. The molecule has 1 heterocycles. The van der Waals surface area contributed by atoms with Gasteiger partial charge in [0, 0.05) is 5.92 Å². The average Bonchev–Trinajstić information content (AvgIpc) is 2.62. The van der Waals surface area contributed by atoms with Gasteiger partial charge in [-0.25, -0.2) is 0 Å². The minimum absolute atomic E-state index is 0.240. The standard InChI is InChI=1S/C8H12N2O2S2/c1-5(2)7-9-10-8(14-7)13-4-6(11)12-3/h5H,4H2,1-3H3. The number of esters is 1. The lowest BCUT2D eigenvalue weighted by Gasteiger charge is -1.95. The highest BCUT2D eigenvalue weighted by molar-refractivity contribution is 8.01. The Morgan fingerprint density at radius 3 is 2.79 bits per heavy atom. The Hall–Kier alpha value is -0.620. The number of methoxy groups -OCH3 is 1. The monoisotopic (exact) mass is 232 g/mol. The van der Waals surface area contributed by atoms with Gasteiger partial charge < -0.3 is 4.74 Å². The molecule has 0 N–H and O–H groups in total. The van der Waals surface area contributed by atoms with E-state index < -0.39 is 0 Å². The summed E-state index contributed by atoms with van der Waals surface area (Å²) in [5, 5.41) is 8.98. The van der Waals surface area contributed by atoms with E-state index in [1.54, 1.807) is 0 Å². The molecule has 0 saturated carbocycles. The van der Waals surface area contributed by atoms with E-state index in [1.807, 2.05) is 0 Å². The van der Waals surface area contributed by atoms with Crippen molar-refractivity contribution in [1.29, 1.82) is 0 Å². The van der Waals surface area contributed by atoms with Crippen molar-refractivity contribution in [2.24, 2.45) is 0 Å². The molecule has 6 heteroatoms. The smallest absolute Gasteiger partial charge is 0.316 e. The third-order valence-electron chi connectivity index (χ3n) is 1.46. The quantitative estimate of drug-likeness (QED) is 0.586. The Balaban J connectivity index is 2.48. The molecule has 0 bridgehead atoms. The summed E-state index contributed by atoms with van der Waals surface area (Å²) in [5.41, 5.74) is 0. The molecule has 0 unspecified atom stereocenters. The van der Waals surface area contributed by atoms with Gasteiger partial charge in [0.25, 0.3) is 0 Å². The summed E-state index contributed by atoms with van der Waals surface area (Å²) in [6.45, 7) is 4.13. The van der Waals surface area contributed by atoms with Gasteiger partial charge in [-0.05, 0) is 0 Å². The molecular weight excluding hydrogens is 220 g/mol. The fourth-order valence-electron chi connectivity index (χ4n) is 0.692. The zero-order valence-electron chi connectivity index (χ0n) is 8.31. The van der Waals surface area contributed by atoms with Crippen LogP contribution in [0.2, 0.25) is 0 Å². The molecule has 4 nitrogen and oxygen atoms in total. The first-order valence-corrected chi connectivity index (χ1v) is 5.96. The lowest BCUT2D eigenvalue weighted by molar-refractivity contribution is -0.137. The highest BCUT2D eigenvalue weighted by Gasteiger charge is 2.09. The fourth-order valence-corrected chi connectivity index (χ4v) is 2.40. The van der Waals surface area contributed by atoms with Gasteiger partial charge >= 0.3 is 5.97 Å². The summed E-state index contributed by atoms with van der Waals surface area (Å²) in [6, 6.07) is 0. The molecule has 14 heavy (non-hydrogen) atoms. The van der Waals surface area contributed by atoms with Crippen LogP contribution in [0, 0.1) is 0 Å². The largest absolute Gasteiger partial charge is 0.468 e. The zero-order valence-corrected chi connectivity index (χ0v) is 9.94. The fraction of sp³-hybridized carbons (Fsp3) is 0.625. The van der Waals surface area contributed by atoms with Crippen LogP contribution >= 0.6 is 23.1 Å². The summed E-state index contributed by atoms with van der Waals surface area (Å²) in [7, 11) is 1.38. The number of thioether (sulfide) groups is 1. The van der Waals surface area contributed by atoms with Crippen molar-refractivity contribution in [1.82, 2.24) is 10.2 Å². The third kappa shape index (κ3) is 3.26. The Labute approximate surface area is 91.1 Å². The van der Waals surface area contributed by atoms with Crippen molar-refractivity contribution < 1.29 is 9.53 Å². The van der Waals surface area contributed by atoms with Gasteiger partial charge in [0.15, 0.2) is 4.34 Å². The van der Waals surface area contributed by atoms with E-state index in [1.165, 1.54) is 30.2 Å². The molecule has 0 amide bonds. The molecule has 1 aromatic heterocycles. The van der Waals surface area contributed by atoms with E-state index in [2.05, 4.69) is 28.8 Å². The summed E-state index contributed by atoms with van der Waals surface area (Å²) in [5.74, 6) is 0.444. The second kappa shape index (κ2) is 5.31. The van der Waals surface area contributed by atoms with Crippen molar-refractivity contribution in [2.75, 3.05) is 12.9 Å². The number of rotatable bonds is 4. The molecule has 0 spiro atoms. The Bertz CT molecular complexity index is 312. The van der Waals surface area contributed by atoms with Crippen molar-refractivity contribution in [3.63, 3.8) is 0 Å². The first-order valence-electron chi connectivity index (χ1n) is 4.16. The van der Waals surface area contributed by atoms with E-state index in [-0.39, 0.29) is 5.97 Å². The number of aromatic nitrogens is 2. The summed E-state index contributed by atoms with van der Waals surface area (Å²) in [6.07, 6.45) is 0. The minimum atomic E-state index is -0.240. The Kier molecular flexibility index (Phi) is 4.34. The van der Waals surface area contributed by atoms with Gasteiger partial charge in [-0.2, -0.15) is 0 Å². The average molecular weight is 232 g/mol. The van der Waals surface area contributed by atoms with E-state index in [4.69, 9.17) is 0 Å². The SMILES string of the molecule is COC(=O)CSc1nnc(C(C)C)s1. The molecule has 0 saturated heterocycles. The number of hydrogen-bond donors (Lipinski definition) is 0. The number of ether oxygens (including phenoxy) is 1. The normalized spacial score (nSPS) is 10.6. The van der Waals surface area contributed by atoms with Crippen LogP contribution in [0.3, 0.4) is 0 Å². The molecule has 0 aliphatic heterocycles. The molecule has 78 valence electrons. The summed E-state index contributed by atoms with van der Waals surface area (Å²) in [4.78, 5) is 10.8. The van der Waals surface area contributed by atoms with Crippen molar-refractivity contribution in [3.8, 4) is 0 Å². The lowest BCUT2D eigenvalue weighted by Crippen LogP contribution is -2.02. The van der Waals surface area contributed by atoms with Crippen molar-refractivity contribution in [2.45, 2.75) is 24.1 Å². The van der Waals surface area contributed by atoms with E-state index in [0.717, 1.165) is 9.35 Å². The molecular formula is C8H12N2O2S2. The number of carbonyl (C=O) groups is 1. The van der Waals surface area contributed by atoms with E-state index in [9.17, 15) is 4.79 Å². The van der Waals surface area contributed by atoms with Crippen molar-refractivity contribution >= 4 is 29.1 Å². The Morgan fingerprint density at radius 2 is 2.29 bits per heavy atom. The van der Waals surface area contributed by atoms with Gasteiger partial charge in [-0.15, -0.1) is 10.2 Å². The van der Waals surface area contributed by atoms with Crippen LogP contribution in [-0.2, 0) is 9.53 Å². The van der Waals surface area contributed by atoms with E-state index in [0.29, 0.717) is 11.7 Å². The predicted molar refractivity (Wildman–Crippen MR) is 56.7 cm³/mol. The second-order valence-electron chi connectivity index (χ2n) is 2.93. The number of carbonyl (C=O) groups excluding carboxylic acids is 1. The summed E-state index contributed by atoms with van der Waals surface area (Å²) >= 11 is 2.89. The topological polar surface area (TPSA) is 52.1 Å². The molecule has 0 aliphatic carbocycles. The maximum atomic E-state index is 10.8. The van der Waals surface area contributed by atoms with Crippen LogP contribution in [0.15, 0.2) is 4.34 Å². The first-order chi connectivity index (χ1) is 6.63. The number of hydrogen-bond acceptors (Lipinski definition) is 6. The van der Waals surface area contributed by atoms with Crippen LogP contribution in [0.25, 0.3) is 0 Å². The first kappa shape index (κ1) is 11.5. The molecule has 0 radical (unpaired) electrons. The molecule has 0 aromatic carbocycles. The minimum Gasteiger partial charge on any atom is -0.468 e. The van der Waals surface area contributed by atoms with Gasteiger partial charge in [0.05, 0.1) is 12.9 Å². The molecule has 0 fully saturated rings. The molecule has 1 rings (SSSR count). The van der Waals surface area contributed by atoms with Crippen LogP contribution in [0.4, 0.5) is 0 Å². The highest BCUT2D eigenvalue weighted by Crippen LogP contribution is 2.26. The van der Waals surface area contributed by atoms with Crippen LogP contribution < -0.4 is 0 Å². The maximum absolute atomic E-state index is 10.8. The lowest BCUT2D eigenvalue weighted by atomic mass is 10.2. The van der Waals surface area contributed by atoms with E-state index >= 15 is 0 Å². The van der Waals surface area contributed by atoms with Gasteiger partial charge in [-0.1, -0.05) is 36.9 Å². The molecule has 1 aromatic rings. The second-order valence-corrected chi connectivity index (χ2v) is 5.16. The number of nitrogens with zero attached hydrogens (tertiary/aromatic N) is 2. The van der Waals surface area contributed by atoms with Crippen molar-refractivity contribution in [3.05, 3.63) is 5.01 Å². The van der Waals surface area contributed by atoms with Crippen LogP contribution in [-0.4, -0.2) is 29.0 Å². The maximum Gasteiger partial charge on any atom is 0.316 e.